The van der Waals surface area contributed by atoms with Crippen molar-refractivity contribution in [3.05, 3.63) is 29.8 Å². The van der Waals surface area contributed by atoms with Gasteiger partial charge in [0.15, 0.2) is 0 Å². The Kier molecular flexibility index (Phi) is 5.37. The molecule has 0 saturated carbocycles. The van der Waals surface area contributed by atoms with Crippen LogP contribution < -0.4 is 4.72 Å². The number of benzene rings is 1. The van der Waals surface area contributed by atoms with Crippen molar-refractivity contribution >= 4 is 26.0 Å². The van der Waals surface area contributed by atoms with E-state index in [1.165, 1.54) is 12.1 Å². The van der Waals surface area contributed by atoms with Gasteiger partial charge < -0.3 is 0 Å². The van der Waals surface area contributed by atoms with Crippen molar-refractivity contribution in [3.8, 4) is 0 Å². The Morgan fingerprint density at radius 3 is 2.38 bits per heavy atom. The van der Waals surface area contributed by atoms with Crippen LogP contribution in [0.1, 0.15) is 5.56 Å². The highest BCUT2D eigenvalue weighted by molar-refractivity contribution is 9.09. The lowest BCUT2D eigenvalue weighted by molar-refractivity contribution is 0.486. The van der Waals surface area contributed by atoms with Crippen molar-refractivity contribution in [2.75, 3.05) is 18.5 Å². The molecule has 16 heavy (non-hydrogen) atoms. The van der Waals surface area contributed by atoms with Crippen molar-refractivity contribution < 1.29 is 12.8 Å². The molecular formula is C10H13BrFNO2S. The van der Waals surface area contributed by atoms with Gasteiger partial charge in [0, 0.05) is 11.9 Å². The third kappa shape index (κ3) is 3.84. The molecule has 0 aliphatic heterocycles. The summed E-state index contributed by atoms with van der Waals surface area (Å²) < 4.78 is 37.2. The first-order valence-corrected chi connectivity index (χ1v) is 7.41. The molecule has 0 unspecified atom stereocenters. The van der Waals surface area contributed by atoms with Crippen LogP contribution in [0, 0.1) is 0 Å². The molecule has 0 fully saturated rings. The van der Waals surface area contributed by atoms with Gasteiger partial charge in [-0.1, -0.05) is 28.1 Å². The Labute approximate surface area is 103 Å². The van der Waals surface area contributed by atoms with Crippen LogP contribution in [0.3, 0.4) is 0 Å². The lowest BCUT2D eigenvalue weighted by Gasteiger charge is -2.05. The van der Waals surface area contributed by atoms with E-state index in [9.17, 15) is 12.8 Å². The van der Waals surface area contributed by atoms with E-state index in [4.69, 9.17) is 0 Å². The predicted octanol–water partition coefficient (Wildman–Crippen LogP) is 1.87. The van der Waals surface area contributed by atoms with Crippen molar-refractivity contribution in [1.29, 1.82) is 0 Å². The van der Waals surface area contributed by atoms with Gasteiger partial charge in [-0.3, -0.25) is 0 Å². The molecule has 1 N–H and O–H groups in total. The average molecular weight is 310 g/mol. The molecule has 0 aliphatic carbocycles. The molecule has 0 saturated heterocycles. The Balaban J connectivity index is 2.80. The van der Waals surface area contributed by atoms with Crippen LogP contribution in [0.15, 0.2) is 29.2 Å². The van der Waals surface area contributed by atoms with Gasteiger partial charge in [0.1, 0.15) is 6.67 Å². The van der Waals surface area contributed by atoms with Crippen molar-refractivity contribution in [2.45, 2.75) is 11.3 Å². The van der Waals surface area contributed by atoms with Gasteiger partial charge in [-0.15, -0.1) is 0 Å². The number of aryl methyl sites for hydroxylation is 1. The maximum Gasteiger partial charge on any atom is 0.240 e. The highest BCUT2D eigenvalue weighted by atomic mass is 79.9. The smallest absolute Gasteiger partial charge is 0.240 e. The second-order valence-corrected chi connectivity index (χ2v) is 5.73. The van der Waals surface area contributed by atoms with E-state index in [0.29, 0.717) is 0 Å². The van der Waals surface area contributed by atoms with Gasteiger partial charge >= 0.3 is 0 Å². The molecule has 0 heterocycles. The van der Waals surface area contributed by atoms with Crippen molar-refractivity contribution in [1.82, 2.24) is 4.72 Å². The third-order valence-corrected chi connectivity index (χ3v) is 3.88. The molecule has 3 nitrogen and oxygen atoms in total. The molecule has 0 radical (unpaired) electrons. The maximum atomic E-state index is 11.9. The Morgan fingerprint density at radius 1 is 1.25 bits per heavy atom. The second-order valence-electron chi connectivity index (χ2n) is 3.17. The van der Waals surface area contributed by atoms with Crippen LogP contribution in [0.4, 0.5) is 4.39 Å². The summed E-state index contributed by atoms with van der Waals surface area (Å²) in [4.78, 5) is 0.166. The molecule has 6 heteroatoms. The number of halogens is 2. The summed E-state index contributed by atoms with van der Waals surface area (Å²) in [6, 6.07) is 6.56. The number of rotatable bonds is 6. The van der Waals surface area contributed by atoms with Crippen LogP contribution >= 0.6 is 15.9 Å². The summed E-state index contributed by atoms with van der Waals surface area (Å²) in [5.41, 5.74) is 1.06. The molecule has 0 aromatic heterocycles. The molecule has 0 amide bonds. The zero-order chi connectivity index (χ0) is 12.0. The first kappa shape index (κ1) is 13.6. The second kappa shape index (κ2) is 6.32. The minimum atomic E-state index is -3.56. The molecule has 0 bridgehead atoms. The molecule has 1 aromatic carbocycles. The van der Waals surface area contributed by atoms with E-state index in [1.807, 2.05) is 0 Å². The fourth-order valence-electron chi connectivity index (χ4n) is 1.20. The van der Waals surface area contributed by atoms with Gasteiger partial charge in [-0.25, -0.2) is 17.5 Å². The Hall–Kier alpha value is -0.460. The maximum absolute atomic E-state index is 11.9. The highest BCUT2D eigenvalue weighted by Crippen LogP contribution is 2.11. The average Bonchev–Trinajstić information content (AvgIpc) is 2.28. The summed E-state index contributed by atoms with van der Waals surface area (Å²) in [6.07, 6.45) is 0.845. The van der Waals surface area contributed by atoms with Gasteiger partial charge in [0.25, 0.3) is 0 Å². The summed E-state index contributed by atoms with van der Waals surface area (Å²) in [7, 11) is -3.56. The summed E-state index contributed by atoms with van der Waals surface area (Å²) in [5, 5.41) is 0.833. The standard InChI is InChI=1S/C10H13BrFNO2S/c11-6-5-9-1-3-10(4-2-9)16(14,15)13-8-7-12/h1-4,13H,5-8H2. The molecule has 0 atom stereocenters. The molecule has 90 valence electrons. The summed E-state index contributed by atoms with van der Waals surface area (Å²) in [6.45, 7) is -0.896. The number of alkyl halides is 2. The first-order chi connectivity index (χ1) is 7.60. The van der Waals surface area contributed by atoms with Crippen LogP contribution in [-0.4, -0.2) is 27.0 Å². The molecule has 1 aromatic rings. The van der Waals surface area contributed by atoms with E-state index in [2.05, 4.69) is 20.7 Å². The summed E-state index contributed by atoms with van der Waals surface area (Å²) >= 11 is 3.31. The van der Waals surface area contributed by atoms with Gasteiger partial charge in [0.05, 0.1) is 4.90 Å². The minimum Gasteiger partial charge on any atom is -0.250 e. The molecule has 0 spiro atoms. The number of hydrogen-bond acceptors (Lipinski definition) is 2. The van der Waals surface area contributed by atoms with Gasteiger partial charge in [-0.05, 0) is 24.1 Å². The number of sulfonamides is 1. The Bertz CT molecular complexity index is 419. The quantitative estimate of drug-likeness (QED) is 0.816. The zero-order valence-electron chi connectivity index (χ0n) is 8.62. The molecule has 0 aliphatic rings. The van der Waals surface area contributed by atoms with E-state index in [1.54, 1.807) is 12.1 Å². The number of hydrogen-bond donors (Lipinski definition) is 1. The fraction of sp³-hybridized carbons (Fsp3) is 0.400. The van der Waals surface area contributed by atoms with Crippen molar-refractivity contribution in [3.63, 3.8) is 0 Å². The van der Waals surface area contributed by atoms with E-state index < -0.39 is 16.7 Å². The third-order valence-electron chi connectivity index (χ3n) is 2.00. The monoisotopic (exact) mass is 309 g/mol. The van der Waals surface area contributed by atoms with E-state index >= 15 is 0 Å². The number of nitrogens with one attached hydrogen (secondary N) is 1. The largest absolute Gasteiger partial charge is 0.250 e. The molecule has 1 rings (SSSR count). The van der Waals surface area contributed by atoms with Crippen LogP contribution in [0.5, 0.6) is 0 Å². The molecular weight excluding hydrogens is 297 g/mol. The van der Waals surface area contributed by atoms with Gasteiger partial charge in [0.2, 0.25) is 10.0 Å². The predicted molar refractivity (Wildman–Crippen MR) is 65.1 cm³/mol. The van der Waals surface area contributed by atoms with Crippen molar-refractivity contribution in [2.24, 2.45) is 0 Å². The SMILES string of the molecule is O=S(=O)(NCCF)c1ccc(CCBr)cc1. The topological polar surface area (TPSA) is 46.2 Å². The van der Waals surface area contributed by atoms with Gasteiger partial charge in [-0.2, -0.15) is 0 Å². The Morgan fingerprint density at radius 2 is 1.88 bits per heavy atom. The van der Waals surface area contributed by atoms with E-state index in [0.717, 1.165) is 17.3 Å². The summed E-state index contributed by atoms with van der Waals surface area (Å²) in [5.74, 6) is 0. The van der Waals surface area contributed by atoms with E-state index in [-0.39, 0.29) is 11.4 Å². The van der Waals surface area contributed by atoms with Crippen LogP contribution in [0.2, 0.25) is 0 Å². The lowest BCUT2D eigenvalue weighted by atomic mass is 10.2. The lowest BCUT2D eigenvalue weighted by Crippen LogP contribution is -2.25. The highest BCUT2D eigenvalue weighted by Gasteiger charge is 2.12. The first-order valence-electron chi connectivity index (χ1n) is 4.80. The minimum absolute atomic E-state index is 0.166. The van der Waals surface area contributed by atoms with Crippen LogP contribution in [0.25, 0.3) is 0 Å². The normalized spacial score (nSPS) is 11.6. The fourth-order valence-corrected chi connectivity index (χ4v) is 2.67. The zero-order valence-corrected chi connectivity index (χ0v) is 11.0. The van der Waals surface area contributed by atoms with Crippen LogP contribution in [-0.2, 0) is 16.4 Å².